The van der Waals surface area contributed by atoms with E-state index >= 15 is 0 Å². The van der Waals surface area contributed by atoms with Crippen molar-refractivity contribution in [3.05, 3.63) is 29.6 Å². The number of aryl methyl sites for hydroxylation is 1. The Hall–Kier alpha value is -1.95. The molecule has 6 nitrogen and oxygen atoms in total. The largest absolute Gasteiger partial charge is 0.479 e. The minimum Gasteiger partial charge on any atom is -0.479 e. The van der Waals surface area contributed by atoms with Crippen LogP contribution in [0.4, 0.5) is 0 Å². The highest BCUT2D eigenvalue weighted by Crippen LogP contribution is 2.02. The molecular weight excluding hydrogens is 200 g/mol. The van der Waals surface area contributed by atoms with E-state index in [-0.39, 0.29) is 0 Å². The van der Waals surface area contributed by atoms with E-state index in [0.717, 1.165) is 0 Å². The van der Waals surface area contributed by atoms with Gasteiger partial charge in [0.2, 0.25) is 0 Å². The molecule has 1 heterocycles. The zero-order valence-electron chi connectivity index (χ0n) is 8.06. The molecule has 0 fully saturated rings. The molecule has 0 aliphatic heterocycles. The van der Waals surface area contributed by atoms with Gasteiger partial charge in [0.05, 0.1) is 11.3 Å². The van der Waals surface area contributed by atoms with Crippen molar-refractivity contribution < 1.29 is 19.5 Å². The van der Waals surface area contributed by atoms with E-state index in [1.807, 2.05) is 5.48 Å². The van der Waals surface area contributed by atoms with Crippen LogP contribution in [0.2, 0.25) is 0 Å². The fourth-order valence-corrected chi connectivity index (χ4v) is 0.943. The lowest BCUT2D eigenvalue weighted by molar-refractivity contribution is -0.144. The maximum absolute atomic E-state index is 11.4. The first-order valence-corrected chi connectivity index (χ1v) is 4.17. The lowest BCUT2D eigenvalue weighted by Crippen LogP contribution is -2.27. The molecule has 1 aromatic heterocycles. The summed E-state index contributed by atoms with van der Waals surface area (Å²) in [7, 11) is 0. The average Bonchev–Trinajstić information content (AvgIpc) is 2.17. The first kappa shape index (κ1) is 11.1. The van der Waals surface area contributed by atoms with Gasteiger partial charge in [0.1, 0.15) is 0 Å². The van der Waals surface area contributed by atoms with Crippen LogP contribution in [0.1, 0.15) is 16.1 Å². The van der Waals surface area contributed by atoms with Crippen LogP contribution in [-0.2, 0) is 9.63 Å². The molecule has 0 aliphatic carbocycles. The Morgan fingerprint density at radius 3 is 2.93 bits per heavy atom. The minimum atomic E-state index is -1.15. The van der Waals surface area contributed by atoms with Crippen LogP contribution in [0, 0.1) is 6.92 Å². The zero-order chi connectivity index (χ0) is 11.3. The van der Waals surface area contributed by atoms with Gasteiger partial charge in [-0.25, -0.2) is 10.3 Å². The second-order valence-electron chi connectivity index (χ2n) is 2.75. The SMILES string of the molecule is Cc1ncccc1C(=O)NOCC(=O)O. The maximum Gasteiger partial charge on any atom is 0.332 e. The van der Waals surface area contributed by atoms with Gasteiger partial charge in [-0.05, 0) is 19.1 Å². The number of carboxylic acid groups (broad SMARTS) is 1. The molecule has 80 valence electrons. The fraction of sp³-hybridized carbons (Fsp3) is 0.222. The van der Waals surface area contributed by atoms with E-state index in [4.69, 9.17) is 5.11 Å². The van der Waals surface area contributed by atoms with Crippen molar-refractivity contribution in [1.29, 1.82) is 0 Å². The number of aliphatic carboxylic acids is 1. The third kappa shape index (κ3) is 3.35. The molecule has 6 heteroatoms. The highest BCUT2D eigenvalue weighted by atomic mass is 16.7. The number of hydroxylamine groups is 1. The standard InChI is InChI=1S/C9H10N2O4/c1-6-7(3-2-4-10-6)9(14)11-15-5-8(12)13/h2-4H,5H2,1H3,(H,11,14)(H,12,13). The van der Waals surface area contributed by atoms with E-state index in [1.54, 1.807) is 25.3 Å². The molecule has 2 N–H and O–H groups in total. The quantitative estimate of drug-likeness (QED) is 0.690. The Morgan fingerprint density at radius 1 is 1.60 bits per heavy atom. The molecule has 0 bridgehead atoms. The highest BCUT2D eigenvalue weighted by Gasteiger charge is 2.09. The molecule has 0 saturated heterocycles. The normalized spacial score (nSPS) is 9.67. The Labute approximate surface area is 85.8 Å². The van der Waals surface area contributed by atoms with Crippen molar-refractivity contribution in [3.8, 4) is 0 Å². The van der Waals surface area contributed by atoms with Crippen LogP contribution in [0.15, 0.2) is 18.3 Å². The summed E-state index contributed by atoms with van der Waals surface area (Å²) in [5, 5.41) is 8.26. The number of aromatic nitrogens is 1. The van der Waals surface area contributed by atoms with Crippen molar-refractivity contribution in [3.63, 3.8) is 0 Å². The Morgan fingerprint density at radius 2 is 2.33 bits per heavy atom. The third-order valence-corrected chi connectivity index (χ3v) is 1.61. The Balaban J connectivity index is 2.54. The number of carbonyl (C=O) groups is 2. The van der Waals surface area contributed by atoms with Crippen molar-refractivity contribution in [1.82, 2.24) is 10.5 Å². The molecule has 0 atom stereocenters. The number of nitrogens with zero attached hydrogens (tertiary/aromatic N) is 1. The summed E-state index contributed by atoms with van der Waals surface area (Å²) in [6, 6.07) is 3.18. The number of nitrogens with one attached hydrogen (secondary N) is 1. The van der Waals surface area contributed by atoms with Gasteiger partial charge in [-0.2, -0.15) is 0 Å². The molecule has 0 spiro atoms. The van der Waals surface area contributed by atoms with Crippen LogP contribution in [-0.4, -0.2) is 28.6 Å². The smallest absolute Gasteiger partial charge is 0.332 e. The number of amides is 1. The van der Waals surface area contributed by atoms with Gasteiger partial charge in [0.25, 0.3) is 5.91 Å². The summed E-state index contributed by atoms with van der Waals surface area (Å²) in [5.74, 6) is -1.67. The molecule has 0 unspecified atom stereocenters. The molecule has 1 amide bonds. The first-order valence-electron chi connectivity index (χ1n) is 4.17. The highest BCUT2D eigenvalue weighted by molar-refractivity contribution is 5.94. The number of hydrogen-bond donors (Lipinski definition) is 2. The van der Waals surface area contributed by atoms with Crippen LogP contribution in [0.3, 0.4) is 0 Å². The summed E-state index contributed by atoms with van der Waals surface area (Å²) in [5.41, 5.74) is 2.91. The lowest BCUT2D eigenvalue weighted by Gasteiger charge is -2.05. The number of carbonyl (C=O) groups excluding carboxylic acids is 1. The lowest BCUT2D eigenvalue weighted by atomic mass is 10.2. The van der Waals surface area contributed by atoms with E-state index in [9.17, 15) is 9.59 Å². The maximum atomic E-state index is 11.4. The first-order chi connectivity index (χ1) is 7.11. The summed E-state index contributed by atoms with van der Waals surface area (Å²) in [6.07, 6.45) is 1.56. The van der Waals surface area contributed by atoms with Crippen LogP contribution in [0.5, 0.6) is 0 Å². The number of hydrogen-bond acceptors (Lipinski definition) is 4. The Kier molecular flexibility index (Phi) is 3.75. The number of rotatable bonds is 4. The molecule has 15 heavy (non-hydrogen) atoms. The third-order valence-electron chi connectivity index (χ3n) is 1.61. The summed E-state index contributed by atoms with van der Waals surface area (Å²) in [6.45, 7) is 1.09. The summed E-state index contributed by atoms with van der Waals surface area (Å²) >= 11 is 0. The Bertz CT molecular complexity index is 378. The average molecular weight is 210 g/mol. The minimum absolute atomic E-state index is 0.350. The van der Waals surface area contributed by atoms with Crippen LogP contribution >= 0.6 is 0 Å². The predicted molar refractivity (Wildman–Crippen MR) is 50.0 cm³/mol. The van der Waals surface area contributed by atoms with Crippen molar-refractivity contribution in [2.75, 3.05) is 6.61 Å². The van der Waals surface area contributed by atoms with Gasteiger partial charge in [-0.1, -0.05) is 0 Å². The van der Waals surface area contributed by atoms with Gasteiger partial charge < -0.3 is 5.11 Å². The topological polar surface area (TPSA) is 88.5 Å². The molecular formula is C9H10N2O4. The molecule has 0 radical (unpaired) electrons. The predicted octanol–water partition coefficient (Wildman–Crippen LogP) is 0.136. The van der Waals surface area contributed by atoms with Gasteiger partial charge in [-0.3, -0.25) is 14.6 Å². The van der Waals surface area contributed by atoms with E-state index < -0.39 is 18.5 Å². The van der Waals surface area contributed by atoms with Crippen LogP contribution in [0.25, 0.3) is 0 Å². The van der Waals surface area contributed by atoms with Gasteiger partial charge >= 0.3 is 5.97 Å². The molecule has 0 saturated carbocycles. The summed E-state index contributed by atoms with van der Waals surface area (Å²) in [4.78, 5) is 29.8. The van der Waals surface area contributed by atoms with E-state index in [0.29, 0.717) is 11.3 Å². The summed E-state index contributed by atoms with van der Waals surface area (Å²) < 4.78 is 0. The number of pyridine rings is 1. The molecule has 0 aliphatic rings. The second kappa shape index (κ2) is 5.06. The van der Waals surface area contributed by atoms with Crippen molar-refractivity contribution in [2.45, 2.75) is 6.92 Å². The second-order valence-corrected chi connectivity index (χ2v) is 2.75. The van der Waals surface area contributed by atoms with Crippen molar-refractivity contribution >= 4 is 11.9 Å². The van der Waals surface area contributed by atoms with Crippen molar-refractivity contribution in [2.24, 2.45) is 0 Å². The van der Waals surface area contributed by atoms with Gasteiger partial charge in [-0.15, -0.1) is 0 Å². The molecule has 0 aromatic carbocycles. The molecule has 1 aromatic rings. The van der Waals surface area contributed by atoms with Crippen LogP contribution < -0.4 is 5.48 Å². The van der Waals surface area contributed by atoms with Gasteiger partial charge in [0, 0.05) is 6.20 Å². The fourth-order valence-electron chi connectivity index (χ4n) is 0.943. The van der Waals surface area contributed by atoms with Gasteiger partial charge in [0.15, 0.2) is 6.61 Å². The monoisotopic (exact) mass is 210 g/mol. The van der Waals surface area contributed by atoms with E-state index in [2.05, 4.69) is 9.82 Å². The zero-order valence-corrected chi connectivity index (χ0v) is 8.06. The molecule has 1 rings (SSSR count). The van der Waals surface area contributed by atoms with E-state index in [1.165, 1.54) is 0 Å². The number of carboxylic acids is 1.